The number of nitrogens with zero attached hydrogens (tertiary/aromatic N) is 1. The quantitative estimate of drug-likeness (QED) is 0.122. The molecule has 0 N–H and O–H groups in total. The largest absolute Gasteiger partial charge is 0.456 e. The first kappa shape index (κ1) is 36.4. The minimum atomic E-state index is -0.376. The van der Waals surface area contributed by atoms with Crippen molar-refractivity contribution in [1.82, 2.24) is 0 Å². The van der Waals surface area contributed by atoms with E-state index in [1.165, 1.54) is 55.7 Å². The lowest BCUT2D eigenvalue weighted by Crippen LogP contribution is -2.25. The lowest BCUT2D eigenvalue weighted by Gasteiger charge is -2.30. The molecule has 6 aromatic carbocycles. The molecule has 0 bridgehead atoms. The molecule has 7 aromatic rings. The van der Waals surface area contributed by atoms with Gasteiger partial charge in [-0.2, -0.15) is 0 Å². The predicted molar refractivity (Wildman–Crippen MR) is 249 cm³/mol. The van der Waals surface area contributed by atoms with Gasteiger partial charge in [-0.15, -0.1) is 0 Å². The number of rotatable bonds is 11. The number of anilines is 1. The van der Waals surface area contributed by atoms with E-state index in [-0.39, 0.29) is 11.3 Å². The van der Waals surface area contributed by atoms with Gasteiger partial charge in [-0.1, -0.05) is 171 Å². The van der Waals surface area contributed by atoms with E-state index >= 15 is 0 Å². The third-order valence-electron chi connectivity index (χ3n) is 12.7. The van der Waals surface area contributed by atoms with Crippen LogP contribution >= 0.6 is 0 Å². The fourth-order valence-electron chi connectivity index (χ4n) is 9.75. The van der Waals surface area contributed by atoms with Crippen molar-refractivity contribution in [1.29, 1.82) is 0 Å². The Bertz CT molecular complexity index is 2860. The van der Waals surface area contributed by atoms with Gasteiger partial charge >= 0.3 is 0 Å². The second-order valence-corrected chi connectivity index (χ2v) is 16.0. The van der Waals surface area contributed by atoms with Crippen molar-refractivity contribution in [3.8, 4) is 0 Å². The van der Waals surface area contributed by atoms with Crippen molar-refractivity contribution in [3.63, 3.8) is 0 Å². The molecule has 0 amide bonds. The molecule has 286 valence electrons. The molecule has 3 aliphatic rings. The van der Waals surface area contributed by atoms with Crippen LogP contribution in [0.2, 0.25) is 0 Å². The Morgan fingerprint density at radius 2 is 1.46 bits per heavy atom. The van der Waals surface area contributed by atoms with Gasteiger partial charge in [-0.25, -0.2) is 0 Å². The lowest BCUT2D eigenvalue weighted by atomic mass is 9.71. The number of fused-ring (bicyclic) bond motifs is 7. The van der Waals surface area contributed by atoms with Crippen LogP contribution in [0, 0.1) is 5.92 Å². The zero-order chi connectivity index (χ0) is 39.8. The van der Waals surface area contributed by atoms with Gasteiger partial charge in [0.1, 0.15) is 11.2 Å². The van der Waals surface area contributed by atoms with Gasteiger partial charge in [0.2, 0.25) is 0 Å². The highest BCUT2D eigenvalue weighted by molar-refractivity contribution is 6.06. The molecule has 59 heavy (non-hydrogen) atoms. The number of para-hydroxylation sites is 1. The van der Waals surface area contributed by atoms with Crippen LogP contribution in [0.3, 0.4) is 0 Å². The molecule has 0 aliphatic heterocycles. The monoisotopic (exact) mass is 761 g/mol. The Morgan fingerprint density at radius 3 is 2.25 bits per heavy atom. The zero-order valence-corrected chi connectivity index (χ0v) is 33.4. The van der Waals surface area contributed by atoms with E-state index in [0.29, 0.717) is 0 Å². The van der Waals surface area contributed by atoms with Crippen LogP contribution in [0.15, 0.2) is 211 Å². The average Bonchev–Trinajstić information content (AvgIpc) is 3.85. The zero-order valence-electron chi connectivity index (χ0n) is 33.4. The maximum atomic E-state index is 6.25. The predicted octanol–water partition coefficient (Wildman–Crippen LogP) is 14.6. The summed E-state index contributed by atoms with van der Waals surface area (Å²) < 4.78 is 6.25. The fraction of sp³-hybridized carbons (Fsp3) is 0.123. The normalized spacial score (nSPS) is 16.5. The summed E-state index contributed by atoms with van der Waals surface area (Å²) in [7, 11) is 0. The molecule has 0 radical (unpaired) electrons. The van der Waals surface area contributed by atoms with E-state index in [2.05, 4.69) is 188 Å². The molecule has 1 heterocycles. The molecule has 1 aromatic heterocycles. The maximum absolute atomic E-state index is 6.25. The second kappa shape index (κ2) is 15.5. The summed E-state index contributed by atoms with van der Waals surface area (Å²) in [6, 6.07) is 50.1. The van der Waals surface area contributed by atoms with Crippen molar-refractivity contribution >= 4 is 45.4 Å². The van der Waals surface area contributed by atoms with E-state index in [9.17, 15) is 0 Å². The summed E-state index contributed by atoms with van der Waals surface area (Å²) in [4.78, 5) is 2.26. The SMILES string of the molecule is C=C/C(=C\C=C\N(C(=C)CCC1=CC(c2ccccc2)(c2ccccc2)c2ccccc21)c1ccc2oc3ccccc3c2c1)C1C=Cc2ccc3c(c2C1)CCC=C3. The molecule has 1 unspecified atom stereocenters. The van der Waals surface area contributed by atoms with Crippen molar-refractivity contribution in [2.75, 3.05) is 4.90 Å². The summed E-state index contributed by atoms with van der Waals surface area (Å²) in [5, 5.41) is 2.21. The standard InChI is InChI=1S/C57H47NO/c1-3-41(44-33-32-43-31-30-42-17-10-11-23-49(42)52(43)37-44)18-16-36-58(48-34-35-56-53(38-48)51-25-13-15-27-55(51)59-56)40(2)28-29-45-39-57(46-19-6-4-7-20-46,47-21-8-5-9-22-47)54-26-14-12-24-50(45)54/h3-10,12-22,24-27,30-36,38-39,44H,1-2,11,23,28-29,37H2/b36-16+,41-18+. The molecule has 2 heteroatoms. The van der Waals surface area contributed by atoms with Crippen LogP contribution in [-0.4, -0.2) is 0 Å². The molecule has 3 aliphatic carbocycles. The molecular formula is C57H47NO. The summed E-state index contributed by atoms with van der Waals surface area (Å²) in [5.74, 6) is 0.260. The van der Waals surface area contributed by atoms with Gasteiger partial charge in [0.15, 0.2) is 0 Å². The van der Waals surface area contributed by atoms with Crippen LogP contribution in [0.5, 0.6) is 0 Å². The molecule has 0 saturated carbocycles. The molecule has 2 nitrogen and oxygen atoms in total. The number of benzene rings is 6. The summed E-state index contributed by atoms with van der Waals surface area (Å²) >= 11 is 0. The van der Waals surface area contributed by atoms with Crippen molar-refractivity contribution < 1.29 is 4.42 Å². The van der Waals surface area contributed by atoms with Gasteiger partial charge in [0.05, 0.1) is 5.41 Å². The van der Waals surface area contributed by atoms with E-state index in [1.807, 2.05) is 18.2 Å². The van der Waals surface area contributed by atoms with E-state index in [0.717, 1.165) is 65.4 Å². The maximum Gasteiger partial charge on any atom is 0.135 e. The molecule has 0 spiro atoms. The van der Waals surface area contributed by atoms with E-state index in [4.69, 9.17) is 11.0 Å². The Hall–Kier alpha value is -6.90. The van der Waals surface area contributed by atoms with Gasteiger partial charge in [0, 0.05) is 34.3 Å². The third kappa shape index (κ3) is 6.55. The Morgan fingerprint density at radius 1 is 0.746 bits per heavy atom. The molecule has 10 rings (SSSR count). The van der Waals surface area contributed by atoms with Gasteiger partial charge in [0.25, 0.3) is 0 Å². The fourth-order valence-corrected chi connectivity index (χ4v) is 9.75. The highest BCUT2D eigenvalue weighted by Gasteiger charge is 2.40. The topological polar surface area (TPSA) is 16.4 Å². The first-order chi connectivity index (χ1) is 29.1. The van der Waals surface area contributed by atoms with Crippen molar-refractivity contribution in [2.45, 2.75) is 37.5 Å². The molecule has 0 fully saturated rings. The minimum absolute atomic E-state index is 0.260. The Kier molecular flexibility index (Phi) is 9.55. The summed E-state index contributed by atoms with van der Waals surface area (Å²) in [5.41, 5.74) is 16.9. The highest BCUT2D eigenvalue weighted by atomic mass is 16.3. The Labute approximate surface area is 347 Å². The highest BCUT2D eigenvalue weighted by Crippen LogP contribution is 2.51. The van der Waals surface area contributed by atoms with Gasteiger partial charge < -0.3 is 9.32 Å². The first-order valence-electron chi connectivity index (χ1n) is 20.9. The van der Waals surface area contributed by atoms with Crippen molar-refractivity contribution in [3.05, 3.63) is 251 Å². The number of hydrogen-bond donors (Lipinski definition) is 0. The van der Waals surface area contributed by atoms with Gasteiger partial charge in [-0.05, 0) is 118 Å². The number of hydrogen-bond acceptors (Lipinski definition) is 2. The van der Waals surface area contributed by atoms with Crippen LogP contribution in [-0.2, 0) is 18.3 Å². The van der Waals surface area contributed by atoms with Crippen LogP contribution in [0.1, 0.15) is 63.8 Å². The molecule has 1 atom stereocenters. The average molecular weight is 762 g/mol. The minimum Gasteiger partial charge on any atom is -0.456 e. The van der Waals surface area contributed by atoms with Crippen LogP contribution in [0.25, 0.3) is 39.7 Å². The molecule has 0 saturated heterocycles. The number of allylic oxidation sites excluding steroid dienone is 9. The molecular weight excluding hydrogens is 715 g/mol. The van der Waals surface area contributed by atoms with E-state index in [1.54, 1.807) is 0 Å². The first-order valence-corrected chi connectivity index (χ1v) is 20.9. The summed E-state index contributed by atoms with van der Waals surface area (Å²) in [6.07, 6.45) is 25.2. The number of furan rings is 1. The van der Waals surface area contributed by atoms with Crippen LogP contribution < -0.4 is 4.90 Å². The second-order valence-electron chi connectivity index (χ2n) is 16.0. The van der Waals surface area contributed by atoms with E-state index < -0.39 is 0 Å². The smallest absolute Gasteiger partial charge is 0.135 e. The lowest BCUT2D eigenvalue weighted by molar-refractivity contribution is 0.669. The van der Waals surface area contributed by atoms with Crippen molar-refractivity contribution in [2.24, 2.45) is 5.92 Å². The van der Waals surface area contributed by atoms with Gasteiger partial charge in [-0.3, -0.25) is 0 Å². The van der Waals surface area contributed by atoms with Crippen LogP contribution in [0.4, 0.5) is 5.69 Å². The summed E-state index contributed by atoms with van der Waals surface area (Å²) in [6.45, 7) is 9.05. The third-order valence-corrected chi connectivity index (χ3v) is 12.7. The Balaban J connectivity index is 0.991.